The van der Waals surface area contributed by atoms with Crippen LogP contribution in [0, 0.1) is 11.6 Å². The van der Waals surface area contributed by atoms with Gasteiger partial charge >= 0.3 is 0 Å². The Labute approximate surface area is 112 Å². The van der Waals surface area contributed by atoms with Crippen molar-refractivity contribution in [2.45, 2.75) is 12.5 Å². The van der Waals surface area contributed by atoms with Gasteiger partial charge in [-0.3, -0.25) is 0 Å². The second-order valence-electron chi connectivity index (χ2n) is 3.97. The molecule has 0 amide bonds. The second-order valence-corrected chi connectivity index (χ2v) is 4.89. The second kappa shape index (κ2) is 5.59. The third-order valence-electron chi connectivity index (χ3n) is 2.71. The maximum Gasteiger partial charge on any atom is 0.129 e. The van der Waals surface area contributed by atoms with Crippen LogP contribution in [-0.2, 0) is 6.42 Å². The van der Waals surface area contributed by atoms with E-state index in [1.54, 1.807) is 24.3 Å². The number of aliphatic hydroxyl groups excluding tert-OH is 1. The van der Waals surface area contributed by atoms with E-state index in [9.17, 15) is 13.9 Å². The van der Waals surface area contributed by atoms with Crippen LogP contribution in [0.1, 0.15) is 17.2 Å². The molecule has 2 aromatic carbocycles. The van der Waals surface area contributed by atoms with Gasteiger partial charge in [-0.15, -0.1) is 0 Å². The lowest BCUT2D eigenvalue weighted by atomic mass is 10.0. The first-order valence-corrected chi connectivity index (χ1v) is 6.23. The molecular formula is C14H11BrF2O. The molecule has 1 unspecified atom stereocenters. The fourth-order valence-corrected chi connectivity index (χ4v) is 1.99. The van der Waals surface area contributed by atoms with Gasteiger partial charge in [-0.1, -0.05) is 34.1 Å². The van der Waals surface area contributed by atoms with Crippen molar-refractivity contribution in [3.8, 4) is 0 Å². The zero-order chi connectivity index (χ0) is 13.1. The Hall–Kier alpha value is -1.26. The molecule has 0 aliphatic heterocycles. The fourth-order valence-electron chi connectivity index (χ4n) is 1.72. The molecule has 1 nitrogen and oxygen atoms in total. The summed E-state index contributed by atoms with van der Waals surface area (Å²) in [5.74, 6) is -1.27. The lowest BCUT2D eigenvalue weighted by molar-refractivity contribution is 0.175. The molecule has 2 aromatic rings. The molecule has 18 heavy (non-hydrogen) atoms. The summed E-state index contributed by atoms with van der Waals surface area (Å²) in [6.07, 6.45) is -1.01. The molecule has 0 fully saturated rings. The summed E-state index contributed by atoms with van der Waals surface area (Å²) in [6.45, 7) is 0. The summed E-state index contributed by atoms with van der Waals surface area (Å²) in [5.41, 5.74) is 0.536. The van der Waals surface area contributed by atoms with E-state index >= 15 is 0 Å². The molecular weight excluding hydrogens is 302 g/mol. The number of halogens is 3. The van der Waals surface area contributed by atoms with Gasteiger partial charge in [0.25, 0.3) is 0 Å². The summed E-state index contributed by atoms with van der Waals surface area (Å²) < 4.78 is 27.7. The van der Waals surface area contributed by atoms with Crippen molar-refractivity contribution in [2.75, 3.05) is 0 Å². The topological polar surface area (TPSA) is 20.2 Å². The van der Waals surface area contributed by atoms with Crippen LogP contribution in [0.15, 0.2) is 46.9 Å². The van der Waals surface area contributed by atoms with Gasteiger partial charge in [0.2, 0.25) is 0 Å². The Morgan fingerprint density at radius 3 is 2.11 bits per heavy atom. The summed E-state index contributed by atoms with van der Waals surface area (Å²) in [7, 11) is 0. The first kappa shape index (κ1) is 13.2. The molecule has 0 aromatic heterocycles. The number of aliphatic hydroxyl groups is 1. The zero-order valence-electron chi connectivity index (χ0n) is 9.41. The molecule has 94 valence electrons. The quantitative estimate of drug-likeness (QED) is 0.908. The van der Waals surface area contributed by atoms with Gasteiger partial charge in [0.05, 0.1) is 6.10 Å². The van der Waals surface area contributed by atoms with Crippen LogP contribution in [0.2, 0.25) is 0 Å². The van der Waals surface area contributed by atoms with Crippen LogP contribution < -0.4 is 0 Å². The van der Waals surface area contributed by atoms with Crippen LogP contribution >= 0.6 is 15.9 Å². The molecule has 4 heteroatoms. The van der Waals surface area contributed by atoms with Gasteiger partial charge in [0.15, 0.2) is 0 Å². The smallest absolute Gasteiger partial charge is 0.129 e. The third-order valence-corrected chi connectivity index (χ3v) is 3.24. The minimum absolute atomic E-state index is 0.0832. The summed E-state index contributed by atoms with van der Waals surface area (Å²) >= 11 is 3.28. The minimum Gasteiger partial charge on any atom is -0.388 e. The molecule has 2 rings (SSSR count). The van der Waals surface area contributed by atoms with Gasteiger partial charge < -0.3 is 5.11 Å². The average molecular weight is 313 g/mol. The highest BCUT2D eigenvalue weighted by Gasteiger charge is 2.15. The van der Waals surface area contributed by atoms with Crippen LogP contribution in [0.4, 0.5) is 8.78 Å². The largest absolute Gasteiger partial charge is 0.388 e. The maximum absolute atomic E-state index is 13.4. The van der Waals surface area contributed by atoms with Gasteiger partial charge in [-0.25, -0.2) is 8.78 Å². The van der Waals surface area contributed by atoms with Crippen LogP contribution in [0.5, 0.6) is 0 Å². The van der Waals surface area contributed by atoms with Crippen LogP contribution in [0.25, 0.3) is 0 Å². The summed E-state index contributed by atoms with van der Waals surface area (Å²) in [5, 5.41) is 9.97. The van der Waals surface area contributed by atoms with E-state index in [0.717, 1.165) is 4.47 Å². The lowest BCUT2D eigenvalue weighted by Crippen LogP contribution is -2.05. The highest BCUT2D eigenvalue weighted by molar-refractivity contribution is 9.10. The molecule has 0 radical (unpaired) electrons. The van der Waals surface area contributed by atoms with E-state index in [1.807, 2.05) is 0 Å². The van der Waals surface area contributed by atoms with Gasteiger partial charge in [-0.05, 0) is 29.8 Å². The Bertz CT molecular complexity index is 520. The normalized spacial score (nSPS) is 12.4. The number of hydrogen-bond donors (Lipinski definition) is 1. The first-order chi connectivity index (χ1) is 8.58. The van der Waals surface area contributed by atoms with Crippen LogP contribution in [0.3, 0.4) is 0 Å². The molecule has 0 aliphatic rings. The van der Waals surface area contributed by atoms with E-state index in [4.69, 9.17) is 0 Å². The highest BCUT2D eigenvalue weighted by Crippen LogP contribution is 2.23. The summed E-state index contributed by atoms with van der Waals surface area (Å²) in [6, 6.07) is 10.7. The maximum atomic E-state index is 13.4. The number of hydrogen-bond acceptors (Lipinski definition) is 1. The molecule has 0 saturated heterocycles. The molecule has 0 spiro atoms. The predicted octanol–water partition coefficient (Wildman–Crippen LogP) is 4.00. The van der Waals surface area contributed by atoms with Gasteiger partial charge in [0.1, 0.15) is 11.6 Å². The van der Waals surface area contributed by atoms with Crippen molar-refractivity contribution >= 4 is 15.9 Å². The van der Waals surface area contributed by atoms with E-state index < -0.39 is 17.7 Å². The minimum atomic E-state index is -0.926. The Morgan fingerprint density at radius 2 is 1.56 bits per heavy atom. The monoisotopic (exact) mass is 312 g/mol. The third kappa shape index (κ3) is 2.94. The highest BCUT2D eigenvalue weighted by atomic mass is 79.9. The van der Waals surface area contributed by atoms with Crippen molar-refractivity contribution in [3.05, 3.63) is 69.7 Å². The van der Waals surface area contributed by atoms with Crippen molar-refractivity contribution in [2.24, 2.45) is 0 Å². The molecule has 0 aliphatic carbocycles. The van der Waals surface area contributed by atoms with E-state index in [2.05, 4.69) is 15.9 Å². The summed E-state index contributed by atoms with van der Waals surface area (Å²) in [4.78, 5) is 0. The zero-order valence-corrected chi connectivity index (χ0v) is 11.0. The Morgan fingerprint density at radius 1 is 1.00 bits per heavy atom. The van der Waals surface area contributed by atoms with Crippen molar-refractivity contribution in [1.29, 1.82) is 0 Å². The Balaban J connectivity index is 2.21. The standard InChI is InChI=1S/C14H11BrF2O/c15-10-6-4-9(5-7-10)14(18)8-11-12(16)2-1-3-13(11)17/h1-7,14,18H,8H2. The first-order valence-electron chi connectivity index (χ1n) is 5.44. The van der Waals surface area contributed by atoms with Crippen LogP contribution in [-0.4, -0.2) is 5.11 Å². The molecule has 0 heterocycles. The van der Waals surface area contributed by atoms with Crippen molar-refractivity contribution in [1.82, 2.24) is 0 Å². The van der Waals surface area contributed by atoms with Crippen molar-refractivity contribution < 1.29 is 13.9 Å². The lowest BCUT2D eigenvalue weighted by Gasteiger charge is -2.12. The van der Waals surface area contributed by atoms with Gasteiger partial charge in [0, 0.05) is 16.5 Å². The fraction of sp³-hybridized carbons (Fsp3) is 0.143. The molecule has 1 atom stereocenters. The number of benzene rings is 2. The molecule has 1 N–H and O–H groups in total. The predicted molar refractivity (Wildman–Crippen MR) is 69.2 cm³/mol. The molecule has 0 saturated carbocycles. The van der Waals surface area contributed by atoms with E-state index in [0.29, 0.717) is 5.56 Å². The number of rotatable bonds is 3. The van der Waals surface area contributed by atoms with Crippen molar-refractivity contribution in [3.63, 3.8) is 0 Å². The molecule has 0 bridgehead atoms. The SMILES string of the molecule is OC(Cc1c(F)cccc1F)c1ccc(Br)cc1. The Kier molecular flexibility index (Phi) is 4.09. The van der Waals surface area contributed by atoms with Gasteiger partial charge in [-0.2, -0.15) is 0 Å². The van der Waals surface area contributed by atoms with E-state index in [-0.39, 0.29) is 12.0 Å². The van der Waals surface area contributed by atoms with E-state index in [1.165, 1.54) is 18.2 Å². The average Bonchev–Trinajstić information content (AvgIpc) is 2.34.